The van der Waals surface area contributed by atoms with Crippen molar-refractivity contribution in [1.29, 1.82) is 0 Å². The van der Waals surface area contributed by atoms with E-state index in [-0.39, 0.29) is 76.2 Å². The number of hydrogen-bond donors (Lipinski definition) is 9. The highest BCUT2D eigenvalue weighted by atomic mass is 16.6. The van der Waals surface area contributed by atoms with Gasteiger partial charge in [0.15, 0.2) is 18.9 Å². The molecule has 1 saturated heterocycles. The molecule has 59 heavy (non-hydrogen) atoms. The number of benzene rings is 3. The second kappa shape index (κ2) is 24.7. The summed E-state index contributed by atoms with van der Waals surface area (Å²) in [6, 6.07) is 11.4. The number of phenols is 3. The normalized spacial score (nSPS) is 16.8. The second-order valence-electron chi connectivity index (χ2n) is 15.7. The van der Waals surface area contributed by atoms with Gasteiger partial charge in [0.2, 0.25) is 0 Å². The minimum atomic E-state index is -1.15. The average Bonchev–Trinajstić information content (AvgIpc) is 3.22. The van der Waals surface area contributed by atoms with Crippen molar-refractivity contribution in [3.05, 3.63) is 86.5 Å². The van der Waals surface area contributed by atoms with Gasteiger partial charge in [0.1, 0.15) is 17.2 Å². The Balaban J connectivity index is 1.59. The van der Waals surface area contributed by atoms with E-state index in [2.05, 4.69) is 14.7 Å². The molecule has 0 spiro atoms. The van der Waals surface area contributed by atoms with E-state index >= 15 is 0 Å². The summed E-state index contributed by atoms with van der Waals surface area (Å²) in [5.41, 5.74) is 6.67. The van der Waals surface area contributed by atoms with Crippen molar-refractivity contribution in [1.82, 2.24) is 14.7 Å². The third-order valence-electron chi connectivity index (χ3n) is 10.5. The lowest BCUT2D eigenvalue weighted by Gasteiger charge is -2.28. The Bertz CT molecular complexity index is 1640. The van der Waals surface area contributed by atoms with Crippen LogP contribution in [0, 0.1) is 20.8 Å². The molecule has 0 aliphatic carbocycles. The molecule has 3 aromatic carbocycles. The van der Waals surface area contributed by atoms with Gasteiger partial charge in [-0.15, -0.1) is 0 Å². The third-order valence-corrected chi connectivity index (χ3v) is 10.5. The lowest BCUT2D eigenvalue weighted by Crippen LogP contribution is -2.36. The van der Waals surface area contributed by atoms with Gasteiger partial charge >= 0.3 is 0 Å². The fourth-order valence-electron chi connectivity index (χ4n) is 7.48. The summed E-state index contributed by atoms with van der Waals surface area (Å²) in [4.78, 5) is 6.91. The van der Waals surface area contributed by atoms with Gasteiger partial charge in [-0.2, -0.15) is 0 Å². The van der Waals surface area contributed by atoms with Gasteiger partial charge in [0.05, 0.1) is 19.8 Å². The van der Waals surface area contributed by atoms with E-state index < -0.39 is 18.9 Å². The van der Waals surface area contributed by atoms with E-state index in [1.807, 2.05) is 57.2 Å². The summed E-state index contributed by atoms with van der Waals surface area (Å²) in [7, 11) is 0. The molecule has 15 nitrogen and oxygen atoms in total. The van der Waals surface area contributed by atoms with Crippen LogP contribution in [0.15, 0.2) is 36.4 Å². The number of hydrogen-bond acceptors (Lipinski definition) is 15. The van der Waals surface area contributed by atoms with Crippen molar-refractivity contribution in [2.45, 2.75) is 111 Å². The van der Waals surface area contributed by atoms with Gasteiger partial charge in [-0.05, 0) is 59.8 Å². The van der Waals surface area contributed by atoms with Crippen LogP contribution in [-0.4, -0.2) is 139 Å². The van der Waals surface area contributed by atoms with Crippen molar-refractivity contribution in [3.63, 3.8) is 0 Å². The Morgan fingerprint density at radius 3 is 0.966 bits per heavy atom. The Hall–Kier alpha value is -3.42. The molecule has 1 aliphatic heterocycles. The topological polar surface area (TPSA) is 219 Å². The molecule has 0 aromatic heterocycles. The number of phenolic OH excluding ortho intramolecular Hbond substituents is 3. The first-order valence-corrected chi connectivity index (χ1v) is 20.6. The Morgan fingerprint density at radius 1 is 0.441 bits per heavy atom. The molecule has 0 saturated carbocycles. The number of ether oxygens (including phenoxy) is 3. The van der Waals surface area contributed by atoms with E-state index in [0.717, 1.165) is 59.3 Å². The van der Waals surface area contributed by atoms with Crippen LogP contribution in [0.5, 0.6) is 17.2 Å². The first-order valence-electron chi connectivity index (χ1n) is 20.6. The molecule has 15 heteroatoms. The maximum Gasteiger partial charge on any atom is 0.157 e. The minimum absolute atomic E-state index is 0.00261. The Kier molecular flexibility index (Phi) is 20.2. The second-order valence-corrected chi connectivity index (χ2v) is 15.7. The number of aliphatic hydroxyl groups is 6. The standard InChI is InChI=1S/C44H67N3O12/c1-30-18-33(42(54)36(21-30)27-57-39(51)6-15-48)24-45-9-4-11-46(25-34-19-31(2)22-37(43(34)55)28-58-40(52)7-16-49)13-14-47(12-5-10-45)26-35-20-32(3)23-38(44(35)56)29-59-41(53)8-17-50/h18-23,39-41,48-56H,4-17,24-29H2,1-3H3. The number of rotatable bonds is 21. The van der Waals surface area contributed by atoms with Crippen molar-refractivity contribution >= 4 is 0 Å². The molecule has 330 valence electrons. The molecule has 3 atom stereocenters. The molecule has 0 radical (unpaired) electrons. The van der Waals surface area contributed by atoms with Crippen LogP contribution in [0.25, 0.3) is 0 Å². The quantitative estimate of drug-likeness (QED) is 0.0706. The van der Waals surface area contributed by atoms with Gasteiger partial charge in [-0.1, -0.05) is 53.1 Å². The summed E-state index contributed by atoms with van der Waals surface area (Å²) < 4.78 is 16.5. The zero-order valence-corrected chi connectivity index (χ0v) is 34.9. The van der Waals surface area contributed by atoms with E-state index in [9.17, 15) is 30.6 Å². The number of aromatic hydroxyl groups is 3. The predicted octanol–water partition coefficient (Wildman–Crippen LogP) is 2.98. The first-order chi connectivity index (χ1) is 28.3. The minimum Gasteiger partial charge on any atom is -0.507 e. The molecule has 0 bridgehead atoms. The number of nitrogens with zero attached hydrogens (tertiary/aromatic N) is 3. The first kappa shape index (κ1) is 48.2. The summed E-state index contributed by atoms with van der Waals surface area (Å²) in [6.07, 6.45) is -1.63. The molecule has 4 rings (SSSR count). The van der Waals surface area contributed by atoms with Gasteiger partial charge in [0, 0.05) is 105 Å². The third kappa shape index (κ3) is 15.8. The van der Waals surface area contributed by atoms with E-state index in [1.54, 1.807) is 0 Å². The van der Waals surface area contributed by atoms with Crippen LogP contribution in [0.4, 0.5) is 0 Å². The van der Waals surface area contributed by atoms with Gasteiger partial charge in [0.25, 0.3) is 0 Å². The van der Waals surface area contributed by atoms with Crippen LogP contribution in [-0.2, 0) is 53.7 Å². The zero-order valence-electron chi connectivity index (χ0n) is 34.9. The fraction of sp³-hybridized carbons (Fsp3) is 0.591. The fourth-order valence-corrected chi connectivity index (χ4v) is 7.48. The van der Waals surface area contributed by atoms with Crippen LogP contribution < -0.4 is 0 Å². The molecule has 9 N–H and O–H groups in total. The number of aryl methyl sites for hydroxylation is 3. The largest absolute Gasteiger partial charge is 0.507 e. The monoisotopic (exact) mass is 829 g/mol. The van der Waals surface area contributed by atoms with Crippen LogP contribution in [0.3, 0.4) is 0 Å². The molecular weight excluding hydrogens is 762 g/mol. The van der Waals surface area contributed by atoms with Crippen molar-refractivity contribution in [2.24, 2.45) is 0 Å². The van der Waals surface area contributed by atoms with Gasteiger partial charge < -0.3 is 60.2 Å². The van der Waals surface area contributed by atoms with Crippen LogP contribution >= 0.6 is 0 Å². The number of aliphatic hydroxyl groups excluding tert-OH is 6. The molecular formula is C44H67N3O12. The van der Waals surface area contributed by atoms with E-state index in [4.69, 9.17) is 29.5 Å². The van der Waals surface area contributed by atoms with Crippen LogP contribution in [0.2, 0.25) is 0 Å². The Labute approximate surface area is 348 Å². The summed E-state index contributed by atoms with van der Waals surface area (Å²) in [5.74, 6) is 0.310. The van der Waals surface area contributed by atoms with Gasteiger partial charge in [-0.3, -0.25) is 14.7 Å². The molecule has 1 fully saturated rings. The van der Waals surface area contributed by atoms with Crippen molar-refractivity contribution in [3.8, 4) is 17.2 Å². The Morgan fingerprint density at radius 2 is 0.695 bits per heavy atom. The lowest BCUT2D eigenvalue weighted by molar-refractivity contribution is -0.118. The summed E-state index contributed by atoms with van der Waals surface area (Å²) >= 11 is 0. The smallest absolute Gasteiger partial charge is 0.157 e. The summed E-state index contributed by atoms with van der Waals surface area (Å²) in [5, 5.41) is 91.7. The average molecular weight is 830 g/mol. The SMILES string of the molecule is Cc1cc(COC(O)CCO)c(O)c(CN2CCCN(Cc3cc(C)cc(COC(O)CCO)c3O)CCN(Cc3cc(C)cc(COC(O)CCO)c3O)CCC2)c1. The highest BCUT2D eigenvalue weighted by Gasteiger charge is 2.21. The van der Waals surface area contributed by atoms with Crippen molar-refractivity contribution < 1.29 is 60.2 Å². The lowest BCUT2D eigenvalue weighted by atomic mass is 10.0. The predicted molar refractivity (Wildman–Crippen MR) is 221 cm³/mol. The highest BCUT2D eigenvalue weighted by Crippen LogP contribution is 2.31. The molecule has 1 aliphatic rings. The molecule has 3 aromatic rings. The van der Waals surface area contributed by atoms with Gasteiger partial charge in [-0.25, -0.2) is 0 Å². The zero-order chi connectivity index (χ0) is 42.9. The maximum absolute atomic E-state index is 11.4. The maximum atomic E-state index is 11.4. The van der Waals surface area contributed by atoms with Crippen LogP contribution in [0.1, 0.15) is 82.2 Å². The highest BCUT2D eigenvalue weighted by molar-refractivity contribution is 5.45. The molecule has 1 heterocycles. The molecule has 3 unspecified atom stereocenters. The van der Waals surface area contributed by atoms with E-state index in [0.29, 0.717) is 62.5 Å². The summed E-state index contributed by atoms with van der Waals surface area (Å²) in [6.45, 7) is 10.7. The van der Waals surface area contributed by atoms with E-state index in [1.165, 1.54) is 0 Å². The molecule has 0 amide bonds. The van der Waals surface area contributed by atoms with Crippen molar-refractivity contribution in [2.75, 3.05) is 59.1 Å².